The minimum atomic E-state index is -3.68. The van der Waals surface area contributed by atoms with Crippen molar-refractivity contribution in [2.24, 2.45) is 10.1 Å². The first-order valence-corrected chi connectivity index (χ1v) is 11.5. The molecule has 30 heavy (non-hydrogen) atoms. The lowest BCUT2D eigenvalue weighted by atomic mass is 10.2. The van der Waals surface area contributed by atoms with Crippen LogP contribution in [0.5, 0.6) is 5.75 Å². The first-order valence-electron chi connectivity index (χ1n) is 9.95. The predicted molar refractivity (Wildman–Crippen MR) is 119 cm³/mol. The average molecular weight is 432 g/mol. The zero-order valence-electron chi connectivity index (χ0n) is 17.4. The van der Waals surface area contributed by atoms with Gasteiger partial charge in [-0.05, 0) is 36.8 Å². The minimum absolute atomic E-state index is 0.106. The van der Waals surface area contributed by atoms with Crippen molar-refractivity contribution in [3.05, 3.63) is 54.1 Å². The highest BCUT2D eigenvalue weighted by molar-refractivity contribution is 7.89. The van der Waals surface area contributed by atoms with Crippen molar-refractivity contribution in [1.82, 2.24) is 10.2 Å². The molecule has 1 saturated heterocycles. The molecule has 2 aromatic carbocycles. The van der Waals surface area contributed by atoms with E-state index >= 15 is 0 Å². The number of aliphatic imine (C=N–C) groups is 1. The van der Waals surface area contributed by atoms with Gasteiger partial charge in [0.25, 0.3) is 0 Å². The molecule has 0 saturated carbocycles. The van der Waals surface area contributed by atoms with E-state index in [4.69, 9.17) is 14.9 Å². The number of benzene rings is 2. The number of guanidine groups is 1. The molecule has 9 heteroatoms. The first kappa shape index (κ1) is 21.9. The van der Waals surface area contributed by atoms with Crippen LogP contribution in [0.15, 0.2) is 58.4 Å². The predicted octanol–water partition coefficient (Wildman–Crippen LogP) is 1.63. The van der Waals surface area contributed by atoms with E-state index in [0.717, 1.165) is 55.7 Å². The van der Waals surface area contributed by atoms with Crippen molar-refractivity contribution in [2.75, 3.05) is 44.7 Å². The molecule has 0 atom stereocenters. The summed E-state index contributed by atoms with van der Waals surface area (Å²) in [4.78, 5) is 9.41. The van der Waals surface area contributed by atoms with Gasteiger partial charge in [-0.3, -0.25) is 0 Å². The van der Waals surface area contributed by atoms with Crippen LogP contribution in [0.1, 0.15) is 12.5 Å². The molecule has 0 amide bonds. The maximum Gasteiger partial charge on any atom is 0.238 e. The van der Waals surface area contributed by atoms with E-state index in [9.17, 15) is 8.42 Å². The minimum Gasteiger partial charge on any atom is -0.495 e. The van der Waals surface area contributed by atoms with Gasteiger partial charge in [0.05, 0.1) is 24.2 Å². The molecule has 1 heterocycles. The normalized spacial score (nSPS) is 15.2. The van der Waals surface area contributed by atoms with Crippen molar-refractivity contribution < 1.29 is 13.2 Å². The Balaban J connectivity index is 1.65. The van der Waals surface area contributed by atoms with E-state index in [1.165, 1.54) is 12.1 Å². The molecule has 8 nitrogen and oxygen atoms in total. The van der Waals surface area contributed by atoms with Crippen LogP contribution < -0.4 is 20.1 Å². The summed E-state index contributed by atoms with van der Waals surface area (Å²) >= 11 is 0. The lowest BCUT2D eigenvalue weighted by Gasteiger charge is -2.38. The van der Waals surface area contributed by atoms with Crippen LogP contribution in [0.25, 0.3) is 0 Å². The lowest BCUT2D eigenvalue weighted by Crippen LogP contribution is -2.52. The first-order chi connectivity index (χ1) is 14.4. The van der Waals surface area contributed by atoms with Gasteiger partial charge in [-0.25, -0.2) is 18.5 Å². The van der Waals surface area contributed by atoms with Crippen LogP contribution in [-0.2, 0) is 16.6 Å². The van der Waals surface area contributed by atoms with E-state index in [0.29, 0.717) is 6.54 Å². The molecule has 0 radical (unpaired) electrons. The SMILES string of the molecule is CCNC(=NCc1ccc(S(N)(=O)=O)cc1)N1CCN(c2ccccc2OC)CC1. The van der Waals surface area contributed by atoms with Crippen molar-refractivity contribution in [1.29, 1.82) is 0 Å². The Hall–Kier alpha value is -2.78. The summed E-state index contributed by atoms with van der Waals surface area (Å²) < 4.78 is 28.3. The summed E-state index contributed by atoms with van der Waals surface area (Å²) in [5.74, 6) is 1.74. The quantitative estimate of drug-likeness (QED) is 0.533. The van der Waals surface area contributed by atoms with Gasteiger partial charge < -0.3 is 19.9 Å². The number of hydrogen-bond donors (Lipinski definition) is 2. The monoisotopic (exact) mass is 431 g/mol. The highest BCUT2D eigenvalue weighted by Crippen LogP contribution is 2.28. The largest absolute Gasteiger partial charge is 0.495 e. The number of para-hydroxylation sites is 2. The topological polar surface area (TPSA) is 100 Å². The van der Waals surface area contributed by atoms with Gasteiger partial charge in [0, 0.05) is 32.7 Å². The third-order valence-corrected chi connectivity index (χ3v) is 5.93. The van der Waals surface area contributed by atoms with E-state index in [1.54, 1.807) is 19.2 Å². The summed E-state index contributed by atoms with van der Waals surface area (Å²) in [6.07, 6.45) is 0. The van der Waals surface area contributed by atoms with Crippen LogP contribution in [-0.4, -0.2) is 59.1 Å². The fourth-order valence-electron chi connectivity index (χ4n) is 3.43. The Kier molecular flexibility index (Phi) is 7.17. The molecular formula is C21H29N5O3S. The summed E-state index contributed by atoms with van der Waals surface area (Å²) in [6, 6.07) is 14.6. The maximum atomic E-state index is 11.4. The van der Waals surface area contributed by atoms with Gasteiger partial charge in [0.15, 0.2) is 5.96 Å². The number of ether oxygens (including phenoxy) is 1. The number of sulfonamides is 1. The van der Waals surface area contributed by atoms with E-state index < -0.39 is 10.0 Å². The molecule has 0 spiro atoms. The van der Waals surface area contributed by atoms with E-state index in [1.807, 2.05) is 25.1 Å². The van der Waals surface area contributed by atoms with E-state index in [2.05, 4.69) is 21.2 Å². The fourth-order valence-corrected chi connectivity index (χ4v) is 3.94. The molecule has 3 N–H and O–H groups in total. The summed E-state index contributed by atoms with van der Waals surface area (Å²) in [7, 11) is -1.98. The number of piperazine rings is 1. The van der Waals surface area contributed by atoms with Gasteiger partial charge in [-0.15, -0.1) is 0 Å². The fraction of sp³-hybridized carbons (Fsp3) is 0.381. The van der Waals surface area contributed by atoms with E-state index in [-0.39, 0.29) is 4.90 Å². The van der Waals surface area contributed by atoms with Gasteiger partial charge in [-0.1, -0.05) is 24.3 Å². The maximum absolute atomic E-state index is 11.4. The van der Waals surface area contributed by atoms with Gasteiger partial charge in [0.2, 0.25) is 10.0 Å². The summed E-state index contributed by atoms with van der Waals surface area (Å²) in [5.41, 5.74) is 2.03. The van der Waals surface area contributed by atoms with Crippen LogP contribution in [0.2, 0.25) is 0 Å². The molecular weight excluding hydrogens is 402 g/mol. The number of nitrogens with zero attached hydrogens (tertiary/aromatic N) is 3. The van der Waals surface area contributed by atoms with Crippen LogP contribution >= 0.6 is 0 Å². The third kappa shape index (κ3) is 5.43. The second kappa shape index (κ2) is 9.82. The zero-order valence-corrected chi connectivity index (χ0v) is 18.2. The van der Waals surface area contributed by atoms with Gasteiger partial charge in [-0.2, -0.15) is 0 Å². The number of hydrogen-bond acceptors (Lipinski definition) is 5. The van der Waals surface area contributed by atoms with Gasteiger partial charge in [0.1, 0.15) is 5.75 Å². The van der Waals surface area contributed by atoms with Crippen LogP contribution in [0.3, 0.4) is 0 Å². The van der Waals surface area contributed by atoms with Crippen molar-refractivity contribution in [2.45, 2.75) is 18.4 Å². The molecule has 3 rings (SSSR count). The number of nitrogens with two attached hydrogens (primary N) is 1. The van der Waals surface area contributed by atoms with Crippen molar-refractivity contribution >= 4 is 21.7 Å². The highest BCUT2D eigenvalue weighted by Gasteiger charge is 2.21. The second-order valence-corrected chi connectivity index (χ2v) is 8.57. The average Bonchev–Trinajstić information content (AvgIpc) is 2.76. The molecule has 2 aromatic rings. The molecule has 1 fully saturated rings. The standard InChI is InChI=1S/C21H29N5O3S/c1-3-23-21(24-16-17-8-10-18(11-9-17)30(22,27)28)26-14-12-25(13-15-26)19-6-4-5-7-20(19)29-2/h4-11H,3,12-16H2,1-2H3,(H,23,24)(H2,22,27,28). The number of methoxy groups -OCH3 is 1. The second-order valence-electron chi connectivity index (χ2n) is 7.01. The Morgan fingerprint density at radius 2 is 1.77 bits per heavy atom. The number of anilines is 1. The van der Waals surface area contributed by atoms with Crippen molar-refractivity contribution in [3.63, 3.8) is 0 Å². The van der Waals surface area contributed by atoms with Crippen molar-refractivity contribution in [3.8, 4) is 5.75 Å². The Morgan fingerprint density at radius 1 is 1.10 bits per heavy atom. The molecule has 1 aliphatic heterocycles. The Morgan fingerprint density at radius 3 is 2.37 bits per heavy atom. The highest BCUT2D eigenvalue weighted by atomic mass is 32.2. The molecule has 0 aliphatic carbocycles. The Bertz CT molecular complexity index is 968. The molecule has 0 bridgehead atoms. The lowest BCUT2D eigenvalue weighted by molar-refractivity contribution is 0.367. The van der Waals surface area contributed by atoms with Crippen LogP contribution in [0.4, 0.5) is 5.69 Å². The third-order valence-electron chi connectivity index (χ3n) is 5.00. The number of rotatable bonds is 6. The molecule has 162 valence electrons. The zero-order chi connectivity index (χ0) is 21.6. The summed E-state index contributed by atoms with van der Waals surface area (Å²) in [5, 5.41) is 8.51. The number of primary sulfonamides is 1. The molecule has 0 aromatic heterocycles. The van der Waals surface area contributed by atoms with Gasteiger partial charge >= 0.3 is 0 Å². The van der Waals surface area contributed by atoms with Crippen LogP contribution in [0, 0.1) is 0 Å². The summed E-state index contributed by atoms with van der Waals surface area (Å²) in [6.45, 7) is 6.70. The Labute approximate surface area is 178 Å². The molecule has 0 unspecified atom stereocenters. The molecule has 1 aliphatic rings. The smallest absolute Gasteiger partial charge is 0.238 e. The number of nitrogens with one attached hydrogen (secondary N) is 1.